The Morgan fingerprint density at radius 1 is 1.00 bits per heavy atom. The third-order valence-corrected chi connectivity index (χ3v) is 4.95. The van der Waals surface area contributed by atoms with Crippen LogP contribution in [0, 0.1) is 0 Å². The second kappa shape index (κ2) is 10.1. The highest BCUT2D eigenvalue weighted by molar-refractivity contribution is 9.10. The molecule has 3 aromatic rings. The van der Waals surface area contributed by atoms with Crippen molar-refractivity contribution in [3.63, 3.8) is 0 Å². The van der Waals surface area contributed by atoms with E-state index in [1.807, 2.05) is 60.7 Å². The van der Waals surface area contributed by atoms with Crippen LogP contribution < -0.4 is 14.8 Å². The molecule has 28 heavy (non-hydrogen) atoms. The number of rotatable bonds is 9. The van der Waals surface area contributed by atoms with Crippen LogP contribution in [-0.4, -0.2) is 32.8 Å². The summed E-state index contributed by atoms with van der Waals surface area (Å²) in [6.07, 6.45) is 0. The Kier molecular flexibility index (Phi) is 7.28. The molecule has 0 unspecified atom stereocenters. The van der Waals surface area contributed by atoms with Crippen molar-refractivity contribution in [2.45, 2.75) is 6.54 Å². The smallest absolute Gasteiger partial charge is 0.258 e. The molecular weight excluding hydrogens is 422 g/mol. The zero-order chi connectivity index (χ0) is 19.8. The second-order valence-electron chi connectivity index (χ2n) is 6.15. The molecule has 1 N–H and O–H groups in total. The Hall–Kier alpha value is -2.57. The Morgan fingerprint density at radius 2 is 1.86 bits per heavy atom. The van der Waals surface area contributed by atoms with Crippen LogP contribution in [0.5, 0.6) is 11.5 Å². The number of ether oxygens (including phenoxy) is 3. The standard InChI is InChI=1S/C22H22BrNO4/c1-26-11-12-27-18-7-4-5-16(13-18)14-24-21(25)15-28-20-10-9-17-6-2-3-8-19(17)22(20)23/h2-10,13H,11-12,14-15H2,1H3,(H,24,25). The molecule has 1 amide bonds. The van der Waals surface area contributed by atoms with Gasteiger partial charge in [-0.25, -0.2) is 0 Å². The average molecular weight is 444 g/mol. The van der Waals surface area contributed by atoms with Crippen molar-refractivity contribution in [3.8, 4) is 11.5 Å². The van der Waals surface area contributed by atoms with Crippen LogP contribution in [-0.2, 0) is 16.1 Å². The molecule has 0 aromatic heterocycles. The highest BCUT2D eigenvalue weighted by Crippen LogP contribution is 2.32. The van der Waals surface area contributed by atoms with Crippen LogP contribution in [0.3, 0.4) is 0 Å². The molecule has 3 rings (SSSR count). The van der Waals surface area contributed by atoms with Crippen molar-refractivity contribution in [2.24, 2.45) is 0 Å². The monoisotopic (exact) mass is 443 g/mol. The highest BCUT2D eigenvalue weighted by Gasteiger charge is 2.09. The quantitative estimate of drug-likeness (QED) is 0.500. The van der Waals surface area contributed by atoms with Gasteiger partial charge in [0.2, 0.25) is 0 Å². The summed E-state index contributed by atoms with van der Waals surface area (Å²) in [5.74, 6) is 1.20. The molecule has 0 spiro atoms. The van der Waals surface area contributed by atoms with Gasteiger partial charge in [0.1, 0.15) is 18.1 Å². The van der Waals surface area contributed by atoms with Gasteiger partial charge in [-0.2, -0.15) is 0 Å². The van der Waals surface area contributed by atoms with Gasteiger partial charge < -0.3 is 19.5 Å². The topological polar surface area (TPSA) is 56.8 Å². The molecular formula is C22H22BrNO4. The molecule has 0 radical (unpaired) electrons. The summed E-state index contributed by atoms with van der Waals surface area (Å²) in [7, 11) is 1.63. The molecule has 0 bridgehead atoms. The lowest BCUT2D eigenvalue weighted by atomic mass is 10.1. The fourth-order valence-electron chi connectivity index (χ4n) is 2.71. The van der Waals surface area contributed by atoms with Crippen molar-refractivity contribution < 1.29 is 19.0 Å². The molecule has 0 heterocycles. The Bertz CT molecular complexity index is 945. The minimum Gasteiger partial charge on any atom is -0.491 e. The van der Waals surface area contributed by atoms with Gasteiger partial charge in [0.05, 0.1) is 11.1 Å². The normalized spacial score (nSPS) is 10.6. The molecule has 0 aliphatic heterocycles. The number of hydrogen-bond acceptors (Lipinski definition) is 4. The van der Waals surface area contributed by atoms with Crippen molar-refractivity contribution in [1.29, 1.82) is 0 Å². The summed E-state index contributed by atoms with van der Waals surface area (Å²) < 4.78 is 17.1. The maximum atomic E-state index is 12.2. The number of amides is 1. The summed E-state index contributed by atoms with van der Waals surface area (Å²) >= 11 is 3.56. The average Bonchev–Trinajstić information content (AvgIpc) is 2.72. The molecule has 0 saturated heterocycles. The van der Waals surface area contributed by atoms with Gasteiger partial charge in [-0.05, 0) is 50.5 Å². The van der Waals surface area contributed by atoms with Gasteiger partial charge in [-0.3, -0.25) is 4.79 Å². The number of nitrogens with one attached hydrogen (secondary N) is 1. The lowest BCUT2D eigenvalue weighted by molar-refractivity contribution is -0.123. The van der Waals surface area contributed by atoms with Gasteiger partial charge in [0.15, 0.2) is 6.61 Å². The van der Waals surface area contributed by atoms with Crippen LogP contribution in [0.2, 0.25) is 0 Å². The SMILES string of the molecule is COCCOc1cccc(CNC(=O)COc2ccc3ccccc3c2Br)c1. The zero-order valence-electron chi connectivity index (χ0n) is 15.6. The predicted octanol–water partition coefficient (Wildman–Crippen LogP) is 4.32. The van der Waals surface area contributed by atoms with E-state index in [1.165, 1.54) is 0 Å². The summed E-state index contributed by atoms with van der Waals surface area (Å²) in [4.78, 5) is 12.2. The molecule has 6 heteroatoms. The van der Waals surface area contributed by atoms with E-state index in [0.29, 0.717) is 25.5 Å². The van der Waals surface area contributed by atoms with E-state index < -0.39 is 0 Å². The van der Waals surface area contributed by atoms with Crippen LogP contribution in [0.25, 0.3) is 10.8 Å². The minimum absolute atomic E-state index is 0.0546. The summed E-state index contributed by atoms with van der Waals surface area (Å²) in [6.45, 7) is 1.37. The number of methoxy groups -OCH3 is 1. The van der Waals surface area contributed by atoms with Crippen molar-refractivity contribution in [3.05, 3.63) is 70.7 Å². The Balaban J connectivity index is 1.51. The maximum absolute atomic E-state index is 12.2. The molecule has 146 valence electrons. The predicted molar refractivity (Wildman–Crippen MR) is 113 cm³/mol. The number of benzene rings is 3. The largest absolute Gasteiger partial charge is 0.491 e. The number of fused-ring (bicyclic) bond motifs is 1. The van der Waals surface area contributed by atoms with Crippen LogP contribution in [0.4, 0.5) is 0 Å². The molecule has 0 fully saturated rings. The fraction of sp³-hybridized carbons (Fsp3) is 0.227. The van der Waals surface area contributed by atoms with E-state index in [2.05, 4.69) is 21.2 Å². The lowest BCUT2D eigenvalue weighted by Gasteiger charge is -2.11. The first-order valence-electron chi connectivity index (χ1n) is 8.95. The van der Waals surface area contributed by atoms with Gasteiger partial charge in [-0.15, -0.1) is 0 Å². The van der Waals surface area contributed by atoms with E-state index in [9.17, 15) is 4.79 Å². The Morgan fingerprint density at radius 3 is 2.71 bits per heavy atom. The van der Waals surface area contributed by atoms with E-state index in [-0.39, 0.29) is 12.5 Å². The third-order valence-electron chi connectivity index (χ3n) is 4.13. The van der Waals surface area contributed by atoms with E-state index in [0.717, 1.165) is 26.6 Å². The first kappa shape index (κ1) is 20.2. The van der Waals surface area contributed by atoms with E-state index in [4.69, 9.17) is 14.2 Å². The van der Waals surface area contributed by atoms with E-state index in [1.54, 1.807) is 7.11 Å². The maximum Gasteiger partial charge on any atom is 0.258 e. The first-order chi connectivity index (χ1) is 13.7. The summed E-state index contributed by atoms with van der Waals surface area (Å²) in [6, 6.07) is 19.4. The highest BCUT2D eigenvalue weighted by atomic mass is 79.9. The fourth-order valence-corrected chi connectivity index (χ4v) is 3.32. The third kappa shape index (κ3) is 5.47. The summed E-state index contributed by atoms with van der Waals surface area (Å²) in [5.41, 5.74) is 0.954. The molecule has 0 atom stereocenters. The van der Waals surface area contributed by atoms with Crippen molar-refractivity contribution in [2.75, 3.05) is 26.9 Å². The number of hydrogen-bond donors (Lipinski definition) is 1. The molecule has 0 aliphatic rings. The number of halogens is 1. The van der Waals surface area contributed by atoms with Gasteiger partial charge in [-0.1, -0.05) is 42.5 Å². The van der Waals surface area contributed by atoms with Gasteiger partial charge >= 0.3 is 0 Å². The van der Waals surface area contributed by atoms with Gasteiger partial charge in [0.25, 0.3) is 5.91 Å². The second-order valence-corrected chi connectivity index (χ2v) is 6.95. The van der Waals surface area contributed by atoms with Crippen LogP contribution >= 0.6 is 15.9 Å². The van der Waals surface area contributed by atoms with Crippen LogP contribution in [0.15, 0.2) is 65.1 Å². The zero-order valence-corrected chi connectivity index (χ0v) is 17.2. The molecule has 5 nitrogen and oxygen atoms in total. The summed E-state index contributed by atoms with van der Waals surface area (Å²) in [5, 5.41) is 5.02. The molecule has 3 aromatic carbocycles. The van der Waals surface area contributed by atoms with Gasteiger partial charge in [0, 0.05) is 13.7 Å². The molecule has 0 aliphatic carbocycles. The number of carbonyl (C=O) groups excluding carboxylic acids is 1. The first-order valence-corrected chi connectivity index (χ1v) is 9.74. The van der Waals surface area contributed by atoms with E-state index >= 15 is 0 Å². The van der Waals surface area contributed by atoms with Crippen LogP contribution in [0.1, 0.15) is 5.56 Å². The lowest BCUT2D eigenvalue weighted by Crippen LogP contribution is -2.28. The minimum atomic E-state index is -0.189. The number of carbonyl (C=O) groups is 1. The Labute approximate surface area is 172 Å². The molecule has 0 saturated carbocycles. The van der Waals surface area contributed by atoms with Crippen molar-refractivity contribution >= 4 is 32.6 Å². The van der Waals surface area contributed by atoms with Crippen molar-refractivity contribution in [1.82, 2.24) is 5.32 Å².